The number of rotatable bonds is 5. The molecule has 4 heteroatoms. The van der Waals surface area contributed by atoms with Gasteiger partial charge in [0.15, 0.2) is 5.78 Å². The fraction of sp³-hybridized carbons (Fsp3) is 0.882. The third-order valence-corrected chi connectivity index (χ3v) is 6.57. The Labute approximate surface area is 128 Å². The number of ketones is 1. The number of likely N-dealkylation sites (N-methyl/N-ethyl adjacent to an activating group) is 1. The summed E-state index contributed by atoms with van der Waals surface area (Å²) in [6, 6.07) is -0.466. The number of nitrogens with zero attached hydrogens (tertiary/aromatic N) is 1. The van der Waals surface area contributed by atoms with E-state index in [9.17, 15) is 9.59 Å². The molecule has 4 nitrogen and oxygen atoms in total. The lowest BCUT2D eigenvalue weighted by Gasteiger charge is -2.32. The Morgan fingerprint density at radius 1 is 1.33 bits per heavy atom. The predicted molar refractivity (Wildman–Crippen MR) is 83.9 cm³/mol. The minimum Gasteiger partial charge on any atom is -0.345 e. The second kappa shape index (κ2) is 5.38. The number of amides is 1. The number of fused-ring (bicyclic) bond motifs is 2. The Morgan fingerprint density at radius 2 is 1.90 bits per heavy atom. The zero-order chi connectivity index (χ0) is 16.0. The van der Waals surface area contributed by atoms with Crippen LogP contribution in [0.25, 0.3) is 0 Å². The van der Waals surface area contributed by atoms with Crippen LogP contribution >= 0.6 is 0 Å². The number of carbonyl (C=O) groups excluding carboxylic acids is 2. The summed E-state index contributed by atoms with van der Waals surface area (Å²) in [5.41, 5.74) is -0.283. The Kier molecular flexibility index (Phi) is 4.22. The van der Waals surface area contributed by atoms with E-state index in [0.717, 1.165) is 25.9 Å². The maximum absolute atomic E-state index is 12.7. The average Bonchev–Trinajstić information content (AvgIpc) is 2.74. The minimum atomic E-state index is -0.288. The summed E-state index contributed by atoms with van der Waals surface area (Å²) in [4.78, 5) is 27.3. The van der Waals surface area contributed by atoms with Crippen molar-refractivity contribution in [2.45, 2.75) is 66.5 Å². The van der Waals surface area contributed by atoms with Crippen LogP contribution in [0.5, 0.6) is 0 Å². The van der Waals surface area contributed by atoms with E-state index in [-0.39, 0.29) is 40.5 Å². The van der Waals surface area contributed by atoms with Gasteiger partial charge in [-0.2, -0.15) is 0 Å². The van der Waals surface area contributed by atoms with Crippen molar-refractivity contribution in [2.24, 2.45) is 16.7 Å². The number of Topliss-reactive ketones (excluding diaryl/α,β-unsaturated/α-hetero) is 1. The van der Waals surface area contributed by atoms with Crippen molar-refractivity contribution in [2.75, 3.05) is 13.1 Å². The second-order valence-electron chi connectivity index (χ2n) is 7.45. The van der Waals surface area contributed by atoms with Crippen molar-refractivity contribution in [1.82, 2.24) is 10.2 Å². The molecule has 2 fully saturated rings. The molecule has 120 valence electrons. The van der Waals surface area contributed by atoms with Crippen LogP contribution in [0.4, 0.5) is 0 Å². The van der Waals surface area contributed by atoms with Gasteiger partial charge in [0.1, 0.15) is 0 Å². The quantitative estimate of drug-likeness (QED) is 0.846. The largest absolute Gasteiger partial charge is 0.345 e. The fourth-order valence-electron chi connectivity index (χ4n) is 4.46. The van der Waals surface area contributed by atoms with E-state index >= 15 is 0 Å². The van der Waals surface area contributed by atoms with Crippen LogP contribution < -0.4 is 5.32 Å². The van der Waals surface area contributed by atoms with Crippen molar-refractivity contribution in [3.8, 4) is 0 Å². The highest BCUT2D eigenvalue weighted by Crippen LogP contribution is 2.63. The molecule has 0 spiro atoms. The molecule has 1 N–H and O–H groups in total. The molecule has 0 aromatic heterocycles. The molecule has 0 radical (unpaired) electrons. The third kappa shape index (κ3) is 2.23. The van der Waals surface area contributed by atoms with Gasteiger partial charge in [0.25, 0.3) is 0 Å². The SMILES string of the molecule is CCN(CC)C(C)C(=O)NC1C(=O)C2(C)CCC1C2(C)C. The Balaban J connectivity index is 2.11. The number of nitrogens with one attached hydrogen (secondary N) is 1. The van der Waals surface area contributed by atoms with Gasteiger partial charge in [0, 0.05) is 5.41 Å². The summed E-state index contributed by atoms with van der Waals surface area (Å²) >= 11 is 0. The van der Waals surface area contributed by atoms with E-state index in [4.69, 9.17) is 0 Å². The summed E-state index contributed by atoms with van der Waals surface area (Å²) in [6.07, 6.45) is 2.00. The zero-order valence-corrected chi connectivity index (χ0v) is 14.3. The summed E-state index contributed by atoms with van der Waals surface area (Å²) in [5.74, 6) is 0.510. The van der Waals surface area contributed by atoms with Crippen LogP contribution in [0.15, 0.2) is 0 Å². The van der Waals surface area contributed by atoms with E-state index in [2.05, 4.69) is 44.8 Å². The molecule has 2 saturated carbocycles. The molecule has 0 heterocycles. The lowest BCUT2D eigenvalue weighted by Crippen LogP contribution is -2.52. The molecule has 2 bridgehead atoms. The van der Waals surface area contributed by atoms with Gasteiger partial charge in [0.05, 0.1) is 12.1 Å². The summed E-state index contributed by atoms with van der Waals surface area (Å²) < 4.78 is 0. The molecule has 4 atom stereocenters. The molecule has 0 aromatic rings. The highest BCUT2D eigenvalue weighted by molar-refractivity contribution is 5.97. The van der Waals surface area contributed by atoms with Crippen LogP contribution in [0.2, 0.25) is 0 Å². The second-order valence-corrected chi connectivity index (χ2v) is 7.45. The van der Waals surface area contributed by atoms with Crippen LogP contribution in [0, 0.1) is 16.7 Å². The fourth-order valence-corrected chi connectivity index (χ4v) is 4.46. The van der Waals surface area contributed by atoms with Gasteiger partial charge in [0.2, 0.25) is 5.91 Å². The van der Waals surface area contributed by atoms with Gasteiger partial charge < -0.3 is 5.32 Å². The molecule has 0 aliphatic heterocycles. The van der Waals surface area contributed by atoms with E-state index in [0.29, 0.717) is 0 Å². The average molecular weight is 294 g/mol. The van der Waals surface area contributed by atoms with Crippen LogP contribution in [-0.4, -0.2) is 41.8 Å². The summed E-state index contributed by atoms with van der Waals surface area (Å²) in [5, 5.41) is 3.06. The summed E-state index contributed by atoms with van der Waals surface area (Å²) in [7, 11) is 0. The van der Waals surface area contributed by atoms with Crippen molar-refractivity contribution < 1.29 is 9.59 Å². The van der Waals surface area contributed by atoms with Gasteiger partial charge >= 0.3 is 0 Å². The van der Waals surface area contributed by atoms with E-state index in [1.54, 1.807) is 0 Å². The third-order valence-electron chi connectivity index (χ3n) is 6.57. The van der Waals surface area contributed by atoms with Crippen LogP contribution in [-0.2, 0) is 9.59 Å². The molecular formula is C17H30N2O2. The Bertz CT molecular complexity index is 442. The number of hydrogen-bond acceptors (Lipinski definition) is 3. The topological polar surface area (TPSA) is 49.4 Å². The van der Waals surface area contributed by atoms with E-state index in [1.165, 1.54) is 0 Å². The lowest BCUT2D eigenvalue weighted by atomic mass is 9.70. The van der Waals surface area contributed by atoms with Gasteiger partial charge in [-0.1, -0.05) is 34.6 Å². The highest BCUT2D eigenvalue weighted by Gasteiger charge is 2.66. The maximum atomic E-state index is 12.7. The molecular weight excluding hydrogens is 264 g/mol. The first kappa shape index (κ1) is 16.5. The number of carbonyl (C=O) groups is 2. The van der Waals surface area contributed by atoms with Crippen molar-refractivity contribution in [3.05, 3.63) is 0 Å². The van der Waals surface area contributed by atoms with Gasteiger partial charge in [-0.15, -0.1) is 0 Å². The van der Waals surface area contributed by atoms with Gasteiger partial charge in [-0.3, -0.25) is 14.5 Å². The molecule has 21 heavy (non-hydrogen) atoms. The molecule has 2 aliphatic carbocycles. The van der Waals surface area contributed by atoms with E-state index in [1.807, 2.05) is 6.92 Å². The van der Waals surface area contributed by atoms with E-state index < -0.39 is 0 Å². The monoisotopic (exact) mass is 294 g/mol. The van der Waals surface area contributed by atoms with Crippen molar-refractivity contribution in [1.29, 1.82) is 0 Å². The molecule has 0 aromatic carbocycles. The standard InChI is InChI=1S/C17H30N2O2/c1-7-19(8-2)11(3)15(21)18-13-12-9-10-17(6,14(13)20)16(12,4)5/h11-13H,7-10H2,1-6H3,(H,18,21). The van der Waals surface area contributed by atoms with Crippen molar-refractivity contribution in [3.63, 3.8) is 0 Å². The first-order valence-corrected chi connectivity index (χ1v) is 8.29. The molecule has 4 unspecified atom stereocenters. The lowest BCUT2D eigenvalue weighted by molar-refractivity contribution is -0.134. The minimum absolute atomic E-state index is 0.0102. The zero-order valence-electron chi connectivity index (χ0n) is 14.3. The first-order chi connectivity index (χ1) is 9.70. The maximum Gasteiger partial charge on any atom is 0.237 e. The molecule has 2 aliphatic rings. The molecule has 0 saturated heterocycles. The van der Waals surface area contributed by atoms with Crippen LogP contribution in [0.3, 0.4) is 0 Å². The normalized spacial score (nSPS) is 35.3. The first-order valence-electron chi connectivity index (χ1n) is 8.29. The van der Waals surface area contributed by atoms with Gasteiger partial charge in [-0.25, -0.2) is 0 Å². The summed E-state index contributed by atoms with van der Waals surface area (Å²) in [6.45, 7) is 14.2. The Morgan fingerprint density at radius 3 is 2.33 bits per heavy atom. The Hall–Kier alpha value is -0.900. The van der Waals surface area contributed by atoms with Gasteiger partial charge in [-0.05, 0) is 44.2 Å². The number of hydrogen-bond donors (Lipinski definition) is 1. The predicted octanol–water partition coefficient (Wildman–Crippen LogP) is 2.23. The van der Waals surface area contributed by atoms with Crippen LogP contribution in [0.1, 0.15) is 54.4 Å². The highest BCUT2D eigenvalue weighted by atomic mass is 16.2. The molecule has 1 amide bonds. The smallest absolute Gasteiger partial charge is 0.237 e. The van der Waals surface area contributed by atoms with Crippen molar-refractivity contribution >= 4 is 11.7 Å². The molecule has 2 rings (SSSR count).